The first-order valence-corrected chi connectivity index (χ1v) is 14.2. The molecular weight excluding hydrogens is 552 g/mol. The van der Waals surface area contributed by atoms with Crippen molar-refractivity contribution >= 4 is 30.4 Å². The summed E-state index contributed by atoms with van der Waals surface area (Å²) >= 11 is 4.44. The highest BCUT2D eigenvalue weighted by molar-refractivity contribution is 7.80. The number of carbonyl (C=O) groups is 3. The second-order valence-electron chi connectivity index (χ2n) is 8.78. The maximum Gasteiger partial charge on any atom is 0.407 e. The smallest absolute Gasteiger partial charge is 0.407 e. The van der Waals surface area contributed by atoms with E-state index < -0.39 is 6.09 Å². The average molecular weight is 615 g/mol. The Bertz CT molecular complexity index is 645. The summed E-state index contributed by atoms with van der Waals surface area (Å²) in [4.78, 5) is 33.9. The van der Waals surface area contributed by atoms with E-state index in [1.165, 1.54) is 6.92 Å². The molecule has 1 aliphatic carbocycles. The first kappa shape index (κ1) is 43.7. The summed E-state index contributed by atoms with van der Waals surface area (Å²) in [5, 5.41) is 5.81. The zero-order valence-electron chi connectivity index (χ0n) is 23.8. The van der Waals surface area contributed by atoms with Gasteiger partial charge in [0.25, 0.3) is 0 Å². The molecule has 0 unspecified atom stereocenters. The molecule has 0 atom stereocenters. The SMILES string of the molecule is C.C.C=CC.CC(=O)CCC(=O)NCCOCCOCCOCCOCCOCCNC(=O)OC1CCC(S)CC1.[HH].[HH]. The zero-order valence-corrected chi connectivity index (χ0v) is 24.7. The molecule has 0 radical (unpaired) electrons. The lowest BCUT2D eigenvalue weighted by molar-refractivity contribution is -0.124. The monoisotopic (exact) mass is 614 g/mol. The van der Waals surface area contributed by atoms with Crippen molar-refractivity contribution in [3.05, 3.63) is 12.7 Å². The van der Waals surface area contributed by atoms with Crippen molar-refractivity contribution in [2.24, 2.45) is 0 Å². The minimum atomic E-state index is -0.394. The van der Waals surface area contributed by atoms with Gasteiger partial charge in [0, 0.05) is 34.0 Å². The minimum absolute atomic E-state index is 0. The van der Waals surface area contributed by atoms with Crippen LogP contribution in [0, 0.1) is 0 Å². The summed E-state index contributed by atoms with van der Waals surface area (Å²) in [6.07, 6.45) is 5.53. The summed E-state index contributed by atoms with van der Waals surface area (Å²) in [6, 6.07) is 0. The number of hydrogen-bond acceptors (Lipinski definition) is 10. The van der Waals surface area contributed by atoms with Gasteiger partial charge in [-0.2, -0.15) is 12.6 Å². The first-order chi connectivity index (χ1) is 18.9. The third-order valence-corrected chi connectivity index (χ3v) is 5.71. The molecule has 41 heavy (non-hydrogen) atoms. The van der Waals surface area contributed by atoms with Gasteiger partial charge in [-0.25, -0.2) is 4.79 Å². The lowest BCUT2D eigenvalue weighted by atomic mass is 9.97. The van der Waals surface area contributed by atoms with Gasteiger partial charge in [-0.3, -0.25) is 4.79 Å². The molecule has 0 aromatic rings. The Morgan fingerprint density at radius 3 is 1.56 bits per heavy atom. The molecule has 0 saturated heterocycles. The van der Waals surface area contributed by atoms with Gasteiger partial charge < -0.3 is 43.8 Å². The van der Waals surface area contributed by atoms with E-state index in [1.807, 2.05) is 6.92 Å². The number of rotatable bonds is 22. The highest BCUT2D eigenvalue weighted by Crippen LogP contribution is 2.24. The third kappa shape index (κ3) is 32.7. The Morgan fingerprint density at radius 2 is 1.15 bits per heavy atom. The number of alkyl carbamates (subject to hydrolysis) is 1. The molecule has 1 fully saturated rings. The molecule has 1 aliphatic rings. The topological polar surface area (TPSA) is 131 Å². The number of ketones is 1. The van der Waals surface area contributed by atoms with E-state index in [0.29, 0.717) is 84.4 Å². The molecule has 1 saturated carbocycles. The molecule has 248 valence electrons. The lowest BCUT2D eigenvalue weighted by Gasteiger charge is -2.25. The number of nitrogens with one attached hydrogen (secondary N) is 2. The quantitative estimate of drug-likeness (QED) is 0.0918. The van der Waals surface area contributed by atoms with Crippen LogP contribution < -0.4 is 10.6 Å². The van der Waals surface area contributed by atoms with Gasteiger partial charge in [-0.15, -0.1) is 6.58 Å². The van der Waals surface area contributed by atoms with E-state index in [-0.39, 0.29) is 48.3 Å². The Labute approximate surface area is 257 Å². The van der Waals surface area contributed by atoms with E-state index in [1.54, 1.807) is 6.08 Å². The molecule has 0 aliphatic heterocycles. The van der Waals surface area contributed by atoms with Crippen LogP contribution in [0.4, 0.5) is 4.79 Å². The van der Waals surface area contributed by atoms with Crippen LogP contribution in [0.5, 0.6) is 0 Å². The molecule has 0 bridgehead atoms. The number of ether oxygens (including phenoxy) is 6. The van der Waals surface area contributed by atoms with E-state index in [4.69, 9.17) is 28.4 Å². The Hall–Kier alpha value is -1.70. The fourth-order valence-electron chi connectivity index (χ4n) is 3.20. The van der Waals surface area contributed by atoms with Crippen LogP contribution in [-0.4, -0.2) is 108 Å². The molecule has 12 heteroatoms. The summed E-state index contributed by atoms with van der Waals surface area (Å²) < 4.78 is 32.4. The second-order valence-corrected chi connectivity index (χ2v) is 9.51. The van der Waals surface area contributed by atoms with Gasteiger partial charge in [-0.1, -0.05) is 20.9 Å². The van der Waals surface area contributed by atoms with Crippen LogP contribution in [0.2, 0.25) is 0 Å². The number of thiol groups is 1. The maximum absolute atomic E-state index is 11.7. The highest BCUT2D eigenvalue weighted by atomic mass is 32.1. The molecule has 0 aromatic carbocycles. The lowest BCUT2D eigenvalue weighted by Crippen LogP contribution is -2.33. The standard InChI is InChI=1S/C24H44N2O9S.C3H6.2CH4.2H2/c1-20(27)2-7-23(28)25-8-10-30-12-14-32-16-18-34-19-17-33-15-13-31-11-9-26-24(29)35-21-3-5-22(36)6-4-21;1-3-2;;;;/h21-22,36H,2-19H2,1H3,(H,25,28)(H,26,29);3H,1H2,2H3;2*1H4;2*1H. The molecule has 2 N–H and O–H groups in total. The van der Waals surface area contributed by atoms with Crippen molar-refractivity contribution in [1.29, 1.82) is 0 Å². The molecule has 11 nitrogen and oxygen atoms in total. The fraction of sp³-hybridized carbons (Fsp3) is 0.828. The van der Waals surface area contributed by atoms with E-state index in [0.717, 1.165) is 25.7 Å². The van der Waals surface area contributed by atoms with E-state index in [9.17, 15) is 14.4 Å². The largest absolute Gasteiger partial charge is 0.446 e. The molecule has 0 aromatic heterocycles. The van der Waals surface area contributed by atoms with E-state index in [2.05, 4.69) is 29.8 Å². The molecule has 0 spiro atoms. The maximum atomic E-state index is 11.7. The van der Waals surface area contributed by atoms with Crippen LogP contribution in [0.1, 0.15) is 70.1 Å². The van der Waals surface area contributed by atoms with Crippen molar-refractivity contribution in [3.8, 4) is 0 Å². The number of carbonyl (C=O) groups excluding carboxylic acids is 3. The molecular formula is C29H62N2O9S. The summed E-state index contributed by atoms with van der Waals surface area (Å²) in [7, 11) is 0. The van der Waals surface area contributed by atoms with Crippen LogP contribution in [0.3, 0.4) is 0 Å². The Balaban J connectivity index is -0.000000658. The van der Waals surface area contributed by atoms with Crippen LogP contribution in [-0.2, 0) is 38.0 Å². The van der Waals surface area contributed by atoms with Gasteiger partial charge in [0.1, 0.15) is 11.9 Å². The van der Waals surface area contributed by atoms with Gasteiger partial charge in [0.15, 0.2) is 0 Å². The minimum Gasteiger partial charge on any atom is -0.446 e. The van der Waals surface area contributed by atoms with Crippen molar-refractivity contribution < 1.29 is 45.7 Å². The number of amides is 2. The van der Waals surface area contributed by atoms with Crippen molar-refractivity contribution in [1.82, 2.24) is 10.6 Å². The normalized spacial score (nSPS) is 15.7. The van der Waals surface area contributed by atoms with Crippen molar-refractivity contribution in [2.45, 2.75) is 78.6 Å². The van der Waals surface area contributed by atoms with E-state index >= 15 is 0 Å². The summed E-state index contributed by atoms with van der Waals surface area (Å²) in [6.45, 7) is 11.9. The molecule has 0 heterocycles. The Morgan fingerprint density at radius 1 is 0.756 bits per heavy atom. The predicted octanol–water partition coefficient (Wildman–Crippen LogP) is 4.48. The second kappa shape index (κ2) is 32.8. The van der Waals surface area contributed by atoms with Crippen molar-refractivity contribution in [3.63, 3.8) is 0 Å². The molecule has 2 amide bonds. The van der Waals surface area contributed by atoms with Crippen LogP contribution in [0.15, 0.2) is 12.7 Å². The highest BCUT2D eigenvalue weighted by Gasteiger charge is 2.21. The number of allylic oxidation sites excluding steroid dienone is 1. The van der Waals surface area contributed by atoms with Crippen LogP contribution >= 0.6 is 12.6 Å². The predicted molar refractivity (Wildman–Crippen MR) is 170 cm³/mol. The number of Topliss-reactive ketones (excluding diaryl/α,β-unsaturated/α-hetero) is 1. The van der Waals surface area contributed by atoms with Crippen molar-refractivity contribution in [2.75, 3.05) is 79.2 Å². The summed E-state index contributed by atoms with van der Waals surface area (Å²) in [5.74, 6) is -0.142. The van der Waals surface area contributed by atoms with Gasteiger partial charge >= 0.3 is 6.09 Å². The van der Waals surface area contributed by atoms with Gasteiger partial charge in [-0.05, 0) is 39.5 Å². The van der Waals surface area contributed by atoms with Crippen LogP contribution in [0.25, 0.3) is 0 Å². The third-order valence-electron chi connectivity index (χ3n) is 5.19. The van der Waals surface area contributed by atoms with Gasteiger partial charge in [0.05, 0.1) is 66.1 Å². The Kier molecular flexibility index (Phi) is 35.0. The molecule has 1 rings (SSSR count). The van der Waals surface area contributed by atoms with Gasteiger partial charge in [0.2, 0.25) is 5.91 Å². The average Bonchev–Trinajstić information content (AvgIpc) is 2.90. The first-order valence-electron chi connectivity index (χ1n) is 13.7. The summed E-state index contributed by atoms with van der Waals surface area (Å²) in [5.41, 5.74) is 0. The zero-order chi connectivity index (χ0) is 29.0. The fourth-order valence-corrected chi connectivity index (χ4v) is 3.50. The number of hydrogen-bond donors (Lipinski definition) is 3.